The Kier molecular flexibility index (Phi) is 6.26. The van der Waals surface area contributed by atoms with E-state index in [0.29, 0.717) is 5.75 Å². The number of nitrogens with one attached hydrogen (secondary N) is 1. The maximum Gasteiger partial charge on any atom is 0.276 e. The van der Waals surface area contributed by atoms with Crippen LogP contribution >= 0.6 is 0 Å². The van der Waals surface area contributed by atoms with E-state index in [-0.39, 0.29) is 29.4 Å². The lowest BCUT2D eigenvalue weighted by Gasteiger charge is -2.10. The highest BCUT2D eigenvalue weighted by Crippen LogP contribution is 2.20. The predicted molar refractivity (Wildman–Crippen MR) is 108 cm³/mol. The molecule has 10 heteroatoms. The number of amides is 1. The van der Waals surface area contributed by atoms with Gasteiger partial charge in [0.25, 0.3) is 11.5 Å². The van der Waals surface area contributed by atoms with Crippen molar-refractivity contribution in [2.75, 3.05) is 18.2 Å². The van der Waals surface area contributed by atoms with Crippen LogP contribution in [0.1, 0.15) is 10.5 Å². The summed E-state index contributed by atoms with van der Waals surface area (Å²) in [6.07, 6.45) is 0.973. The molecule has 1 N–H and O–H groups in total. The summed E-state index contributed by atoms with van der Waals surface area (Å²) in [5, 5.41) is 6.25. The van der Waals surface area contributed by atoms with Gasteiger partial charge in [0, 0.05) is 12.3 Å². The van der Waals surface area contributed by atoms with Crippen molar-refractivity contribution in [3.63, 3.8) is 0 Å². The molecule has 0 spiro atoms. The SMILES string of the molecule is CS(=O)(=O)c1ccc(F)c(NC(=O)c2ccc(=O)n(CCOc3ccccc3)n2)c1. The molecule has 0 unspecified atom stereocenters. The molecule has 1 heterocycles. The molecule has 3 aromatic rings. The van der Waals surface area contributed by atoms with Crippen molar-refractivity contribution >= 4 is 21.4 Å². The number of para-hydroxylation sites is 1. The first-order valence-electron chi connectivity index (χ1n) is 8.81. The summed E-state index contributed by atoms with van der Waals surface area (Å²) in [5.74, 6) is -0.974. The number of hydrogen-bond donors (Lipinski definition) is 1. The van der Waals surface area contributed by atoms with Crippen molar-refractivity contribution < 1.29 is 22.3 Å². The van der Waals surface area contributed by atoms with Gasteiger partial charge >= 0.3 is 0 Å². The number of anilines is 1. The van der Waals surface area contributed by atoms with Gasteiger partial charge in [-0.1, -0.05) is 18.2 Å². The number of sulfone groups is 1. The lowest BCUT2D eigenvalue weighted by molar-refractivity contribution is 0.101. The molecule has 0 atom stereocenters. The third kappa shape index (κ3) is 5.29. The number of ether oxygens (including phenoxy) is 1. The second-order valence-electron chi connectivity index (χ2n) is 6.31. The summed E-state index contributed by atoms with van der Waals surface area (Å²) < 4.78 is 43.9. The number of hydrogen-bond acceptors (Lipinski definition) is 6. The molecule has 0 bridgehead atoms. The lowest BCUT2D eigenvalue weighted by atomic mass is 10.3. The van der Waals surface area contributed by atoms with Crippen LogP contribution in [0.4, 0.5) is 10.1 Å². The number of aromatic nitrogens is 2. The van der Waals surface area contributed by atoms with Crippen LogP contribution in [0.5, 0.6) is 5.75 Å². The van der Waals surface area contributed by atoms with Gasteiger partial charge in [-0.15, -0.1) is 0 Å². The van der Waals surface area contributed by atoms with Crippen LogP contribution < -0.4 is 15.6 Å². The van der Waals surface area contributed by atoms with Crippen molar-refractivity contribution in [2.45, 2.75) is 11.4 Å². The first-order valence-corrected chi connectivity index (χ1v) is 10.7. The summed E-state index contributed by atoms with van der Waals surface area (Å²) in [7, 11) is -3.58. The Bertz CT molecular complexity index is 1230. The smallest absolute Gasteiger partial charge is 0.276 e. The van der Waals surface area contributed by atoms with Crippen molar-refractivity contribution in [1.29, 1.82) is 0 Å². The number of nitrogens with zero attached hydrogens (tertiary/aromatic N) is 2. The molecule has 0 aliphatic heterocycles. The average Bonchev–Trinajstić information content (AvgIpc) is 2.71. The third-order valence-corrected chi connectivity index (χ3v) is 5.14. The first kappa shape index (κ1) is 21.2. The molecule has 156 valence electrons. The Hall–Kier alpha value is -3.53. The first-order chi connectivity index (χ1) is 14.2. The Morgan fingerprint density at radius 3 is 2.57 bits per heavy atom. The van der Waals surface area contributed by atoms with E-state index in [1.807, 2.05) is 18.2 Å². The topological polar surface area (TPSA) is 107 Å². The van der Waals surface area contributed by atoms with Crippen LogP contribution in [-0.4, -0.2) is 37.0 Å². The highest BCUT2D eigenvalue weighted by atomic mass is 32.2. The Labute approximate surface area is 171 Å². The molecule has 3 rings (SSSR count). The predicted octanol–water partition coefficient (Wildman–Crippen LogP) is 2.12. The van der Waals surface area contributed by atoms with Gasteiger partial charge in [0.05, 0.1) is 17.1 Å². The van der Waals surface area contributed by atoms with Gasteiger partial charge in [-0.05, 0) is 36.4 Å². The molecule has 0 aliphatic carbocycles. The minimum atomic E-state index is -3.58. The van der Waals surface area contributed by atoms with Gasteiger partial charge in [-0.3, -0.25) is 9.59 Å². The van der Waals surface area contributed by atoms with Crippen molar-refractivity contribution in [2.24, 2.45) is 0 Å². The van der Waals surface area contributed by atoms with Gasteiger partial charge in [-0.25, -0.2) is 17.5 Å². The zero-order valence-electron chi connectivity index (χ0n) is 15.9. The normalized spacial score (nSPS) is 11.1. The van der Waals surface area contributed by atoms with Crippen molar-refractivity contribution in [3.05, 3.63) is 82.5 Å². The minimum absolute atomic E-state index is 0.0901. The van der Waals surface area contributed by atoms with Gasteiger partial charge in [0.1, 0.15) is 23.9 Å². The number of carbonyl (C=O) groups is 1. The number of carbonyl (C=O) groups excluding carboxylic acids is 1. The molecule has 0 fully saturated rings. The van der Waals surface area contributed by atoms with Crippen LogP contribution in [0.2, 0.25) is 0 Å². The van der Waals surface area contributed by atoms with Crippen molar-refractivity contribution in [1.82, 2.24) is 9.78 Å². The van der Waals surface area contributed by atoms with E-state index >= 15 is 0 Å². The van der Waals surface area contributed by atoms with Gasteiger partial charge in [0.15, 0.2) is 9.84 Å². The van der Waals surface area contributed by atoms with Gasteiger partial charge in [0.2, 0.25) is 0 Å². The fourth-order valence-electron chi connectivity index (χ4n) is 2.51. The fourth-order valence-corrected chi connectivity index (χ4v) is 3.16. The second-order valence-corrected chi connectivity index (χ2v) is 8.33. The standard InChI is InChI=1S/C20H18FN3O5S/c1-30(27,28)15-7-8-16(21)18(13-15)22-20(26)17-9-10-19(25)24(23-17)11-12-29-14-5-3-2-4-6-14/h2-10,13H,11-12H2,1H3,(H,22,26). The molecule has 8 nitrogen and oxygen atoms in total. The van der Waals surface area contributed by atoms with Crippen LogP contribution in [0.15, 0.2) is 70.4 Å². The molecule has 0 saturated heterocycles. The summed E-state index contributed by atoms with van der Waals surface area (Å²) in [6, 6.07) is 14.4. The fraction of sp³-hybridized carbons (Fsp3) is 0.150. The highest BCUT2D eigenvalue weighted by molar-refractivity contribution is 7.90. The molecule has 0 radical (unpaired) electrons. The number of benzene rings is 2. The number of halogens is 1. The minimum Gasteiger partial charge on any atom is -0.492 e. The highest BCUT2D eigenvalue weighted by Gasteiger charge is 2.15. The second kappa shape index (κ2) is 8.87. The van der Waals surface area contributed by atoms with E-state index < -0.39 is 27.1 Å². The summed E-state index contributed by atoms with van der Waals surface area (Å²) in [5.41, 5.74) is -0.887. The average molecular weight is 431 g/mol. The largest absolute Gasteiger partial charge is 0.492 e. The van der Waals surface area contributed by atoms with E-state index in [4.69, 9.17) is 4.74 Å². The maximum atomic E-state index is 14.0. The number of rotatable bonds is 7. The van der Waals surface area contributed by atoms with Crippen LogP contribution in [0, 0.1) is 5.82 Å². The summed E-state index contributed by atoms with van der Waals surface area (Å²) in [4.78, 5) is 24.3. The Balaban J connectivity index is 1.74. The quantitative estimate of drug-likeness (QED) is 0.574. The molecular formula is C20H18FN3O5S. The molecule has 2 aromatic carbocycles. The van der Waals surface area contributed by atoms with Gasteiger partial charge < -0.3 is 10.1 Å². The molecule has 1 aromatic heterocycles. The molecule has 1 amide bonds. The Morgan fingerprint density at radius 2 is 1.87 bits per heavy atom. The maximum absolute atomic E-state index is 14.0. The van der Waals surface area contributed by atoms with E-state index in [2.05, 4.69) is 10.4 Å². The van der Waals surface area contributed by atoms with E-state index in [1.165, 1.54) is 6.07 Å². The monoisotopic (exact) mass is 431 g/mol. The van der Waals surface area contributed by atoms with Crippen molar-refractivity contribution in [3.8, 4) is 5.75 Å². The van der Waals surface area contributed by atoms with Crippen LogP contribution in [-0.2, 0) is 16.4 Å². The van der Waals surface area contributed by atoms with Gasteiger partial charge in [-0.2, -0.15) is 5.10 Å². The lowest BCUT2D eigenvalue weighted by Crippen LogP contribution is -2.28. The van der Waals surface area contributed by atoms with E-state index in [1.54, 1.807) is 12.1 Å². The Morgan fingerprint density at radius 1 is 1.13 bits per heavy atom. The van der Waals surface area contributed by atoms with E-state index in [0.717, 1.165) is 35.2 Å². The van der Waals surface area contributed by atoms with Crippen LogP contribution in [0.25, 0.3) is 0 Å². The van der Waals surface area contributed by atoms with E-state index in [9.17, 15) is 22.4 Å². The molecular weight excluding hydrogens is 413 g/mol. The molecule has 0 saturated carbocycles. The summed E-state index contributed by atoms with van der Waals surface area (Å²) in [6.45, 7) is 0.236. The zero-order chi connectivity index (χ0) is 21.7. The summed E-state index contributed by atoms with van der Waals surface area (Å²) >= 11 is 0. The van der Waals surface area contributed by atoms with Crippen LogP contribution in [0.3, 0.4) is 0 Å². The molecule has 0 aliphatic rings. The third-order valence-electron chi connectivity index (χ3n) is 4.03. The molecule has 30 heavy (non-hydrogen) atoms. The zero-order valence-corrected chi connectivity index (χ0v) is 16.7.